The van der Waals surface area contributed by atoms with Crippen LogP contribution < -0.4 is 14.8 Å². The lowest BCUT2D eigenvalue weighted by molar-refractivity contribution is 0.102. The van der Waals surface area contributed by atoms with Gasteiger partial charge in [-0.15, -0.1) is 5.10 Å². The zero-order chi connectivity index (χ0) is 18.5. The van der Waals surface area contributed by atoms with Crippen molar-refractivity contribution in [1.82, 2.24) is 9.78 Å². The van der Waals surface area contributed by atoms with Gasteiger partial charge < -0.3 is 14.8 Å². The fourth-order valence-corrected chi connectivity index (χ4v) is 2.37. The number of carbonyl (C=O) groups excluding carboxylic acids is 1. The predicted octanol–water partition coefficient (Wildman–Crippen LogP) is 3.34. The van der Waals surface area contributed by atoms with Gasteiger partial charge in [-0.25, -0.2) is 0 Å². The number of anilines is 1. The quantitative estimate of drug-likeness (QED) is 0.764. The fraction of sp³-hybridized carbons (Fsp3) is 0.105. The first-order chi connectivity index (χ1) is 12.6. The standard InChI is InChI=1S/C19H16N4O3/c1-23-12-16(19(22-23)25-2)18(24)21-14-8-9-17(13(10-14)11-20)26-15-6-4-3-5-7-15/h3-10,12H,1-2H3,(H,21,24). The first kappa shape index (κ1) is 17.0. The molecule has 0 aliphatic rings. The summed E-state index contributed by atoms with van der Waals surface area (Å²) >= 11 is 0. The molecule has 26 heavy (non-hydrogen) atoms. The number of rotatable bonds is 5. The van der Waals surface area contributed by atoms with Gasteiger partial charge in [-0.05, 0) is 30.3 Å². The molecule has 7 nitrogen and oxygen atoms in total. The van der Waals surface area contributed by atoms with Crippen LogP contribution in [0.1, 0.15) is 15.9 Å². The molecule has 1 N–H and O–H groups in total. The van der Waals surface area contributed by atoms with Crippen molar-refractivity contribution in [1.29, 1.82) is 5.26 Å². The average Bonchev–Trinajstić information content (AvgIpc) is 3.05. The summed E-state index contributed by atoms with van der Waals surface area (Å²) in [6.45, 7) is 0. The van der Waals surface area contributed by atoms with Crippen LogP contribution in [-0.4, -0.2) is 22.8 Å². The zero-order valence-electron chi connectivity index (χ0n) is 14.3. The van der Waals surface area contributed by atoms with E-state index in [1.807, 2.05) is 18.2 Å². The van der Waals surface area contributed by atoms with E-state index in [9.17, 15) is 10.1 Å². The third kappa shape index (κ3) is 3.65. The van der Waals surface area contributed by atoms with Crippen LogP contribution in [0.3, 0.4) is 0 Å². The number of benzene rings is 2. The van der Waals surface area contributed by atoms with E-state index in [4.69, 9.17) is 9.47 Å². The second kappa shape index (κ2) is 7.40. The van der Waals surface area contributed by atoms with Gasteiger partial charge in [0.1, 0.15) is 23.1 Å². The van der Waals surface area contributed by atoms with Gasteiger partial charge in [0, 0.05) is 18.9 Å². The highest BCUT2D eigenvalue weighted by Gasteiger charge is 2.17. The third-order valence-electron chi connectivity index (χ3n) is 3.56. The molecule has 1 aromatic heterocycles. The van der Waals surface area contributed by atoms with Gasteiger partial charge >= 0.3 is 0 Å². The van der Waals surface area contributed by atoms with Crippen molar-refractivity contribution >= 4 is 11.6 Å². The minimum absolute atomic E-state index is 0.231. The number of aryl methyl sites for hydroxylation is 1. The zero-order valence-corrected chi connectivity index (χ0v) is 14.3. The molecular formula is C19H16N4O3. The molecule has 1 amide bonds. The van der Waals surface area contributed by atoms with Gasteiger partial charge in [-0.3, -0.25) is 9.48 Å². The summed E-state index contributed by atoms with van der Waals surface area (Å²) in [5.74, 6) is 0.890. The van der Waals surface area contributed by atoms with Gasteiger partial charge in [0.2, 0.25) is 5.88 Å². The lowest BCUT2D eigenvalue weighted by Gasteiger charge is -2.10. The predicted molar refractivity (Wildman–Crippen MR) is 95.4 cm³/mol. The summed E-state index contributed by atoms with van der Waals surface area (Å²) < 4.78 is 12.3. The van der Waals surface area contributed by atoms with Crippen LogP contribution in [-0.2, 0) is 7.05 Å². The normalized spacial score (nSPS) is 10.0. The lowest BCUT2D eigenvalue weighted by atomic mass is 10.2. The largest absolute Gasteiger partial charge is 0.479 e. The summed E-state index contributed by atoms with van der Waals surface area (Å²) in [7, 11) is 3.14. The number of hydrogen-bond donors (Lipinski definition) is 1. The molecule has 0 unspecified atom stereocenters. The van der Waals surface area contributed by atoms with Crippen molar-refractivity contribution < 1.29 is 14.3 Å². The van der Waals surface area contributed by atoms with Gasteiger partial charge in [0.15, 0.2) is 0 Å². The highest BCUT2D eigenvalue weighted by Crippen LogP contribution is 2.28. The van der Waals surface area contributed by atoms with Gasteiger partial charge in [-0.1, -0.05) is 18.2 Å². The molecule has 2 aromatic carbocycles. The summed E-state index contributed by atoms with van der Waals surface area (Å²) in [6, 6.07) is 16.1. The Morgan fingerprint density at radius 1 is 1.23 bits per heavy atom. The first-order valence-electron chi connectivity index (χ1n) is 7.76. The lowest BCUT2D eigenvalue weighted by Crippen LogP contribution is -2.12. The number of para-hydroxylation sites is 1. The highest BCUT2D eigenvalue weighted by atomic mass is 16.5. The molecule has 0 bridgehead atoms. The van der Waals surface area contributed by atoms with Crippen LogP contribution in [0.25, 0.3) is 0 Å². The molecule has 3 aromatic rings. The molecule has 0 aliphatic carbocycles. The Labute approximate surface area is 150 Å². The molecule has 0 fully saturated rings. The monoisotopic (exact) mass is 348 g/mol. The Balaban J connectivity index is 1.81. The summed E-state index contributed by atoms with van der Waals surface area (Å²) in [4.78, 5) is 12.4. The number of nitrogens with zero attached hydrogens (tertiary/aromatic N) is 3. The van der Waals surface area contributed by atoms with E-state index in [-0.39, 0.29) is 11.8 Å². The minimum Gasteiger partial charge on any atom is -0.479 e. The van der Waals surface area contributed by atoms with Crippen molar-refractivity contribution in [3.63, 3.8) is 0 Å². The number of nitriles is 1. The Hall–Kier alpha value is -3.79. The highest BCUT2D eigenvalue weighted by molar-refractivity contribution is 6.05. The van der Waals surface area contributed by atoms with Crippen molar-refractivity contribution in [3.05, 3.63) is 65.9 Å². The SMILES string of the molecule is COc1nn(C)cc1C(=O)Nc1ccc(Oc2ccccc2)c(C#N)c1. The van der Waals surface area contributed by atoms with E-state index >= 15 is 0 Å². The van der Waals surface area contributed by atoms with Crippen molar-refractivity contribution in [2.45, 2.75) is 0 Å². The number of hydrogen-bond acceptors (Lipinski definition) is 5. The van der Waals surface area contributed by atoms with E-state index in [1.165, 1.54) is 11.8 Å². The molecule has 130 valence electrons. The second-order valence-electron chi connectivity index (χ2n) is 5.42. The molecule has 0 aliphatic heterocycles. The molecule has 7 heteroatoms. The van der Waals surface area contributed by atoms with Crippen molar-refractivity contribution in [2.75, 3.05) is 12.4 Å². The van der Waals surface area contributed by atoms with Crippen LogP contribution in [0.5, 0.6) is 17.4 Å². The van der Waals surface area contributed by atoms with Crippen LogP contribution in [0.15, 0.2) is 54.7 Å². The van der Waals surface area contributed by atoms with Gasteiger partial charge in [0.05, 0.1) is 12.7 Å². The maximum atomic E-state index is 12.4. The molecule has 0 atom stereocenters. The first-order valence-corrected chi connectivity index (χ1v) is 7.76. The number of aromatic nitrogens is 2. The second-order valence-corrected chi connectivity index (χ2v) is 5.42. The van der Waals surface area contributed by atoms with E-state index in [2.05, 4.69) is 16.5 Å². The Morgan fingerprint density at radius 3 is 2.69 bits per heavy atom. The maximum Gasteiger partial charge on any atom is 0.262 e. The van der Waals surface area contributed by atoms with E-state index in [1.54, 1.807) is 43.6 Å². The van der Waals surface area contributed by atoms with E-state index in [0.717, 1.165) is 0 Å². The third-order valence-corrected chi connectivity index (χ3v) is 3.56. The summed E-state index contributed by atoms with van der Waals surface area (Å²) in [6.07, 6.45) is 1.56. The van der Waals surface area contributed by atoms with Crippen LogP contribution in [0.2, 0.25) is 0 Å². The van der Waals surface area contributed by atoms with Crippen molar-refractivity contribution in [3.8, 4) is 23.4 Å². The smallest absolute Gasteiger partial charge is 0.262 e. The Morgan fingerprint density at radius 2 is 2.00 bits per heavy atom. The van der Waals surface area contributed by atoms with Crippen molar-refractivity contribution in [2.24, 2.45) is 7.05 Å². The topological polar surface area (TPSA) is 89.2 Å². The van der Waals surface area contributed by atoms with E-state index in [0.29, 0.717) is 28.3 Å². The molecule has 0 saturated heterocycles. The number of amides is 1. The summed E-state index contributed by atoms with van der Waals surface area (Å²) in [5, 5.41) is 16.2. The molecule has 0 spiro atoms. The average molecular weight is 348 g/mol. The maximum absolute atomic E-state index is 12.4. The number of carbonyl (C=O) groups is 1. The number of methoxy groups -OCH3 is 1. The van der Waals surface area contributed by atoms with Gasteiger partial charge in [-0.2, -0.15) is 5.26 Å². The van der Waals surface area contributed by atoms with Gasteiger partial charge in [0.25, 0.3) is 5.91 Å². The fourth-order valence-electron chi connectivity index (χ4n) is 2.37. The molecule has 0 saturated carbocycles. The molecule has 1 heterocycles. The van der Waals surface area contributed by atoms with Crippen LogP contribution in [0.4, 0.5) is 5.69 Å². The van der Waals surface area contributed by atoms with Crippen LogP contribution in [0, 0.1) is 11.3 Å². The number of ether oxygens (including phenoxy) is 2. The molecule has 0 radical (unpaired) electrons. The molecular weight excluding hydrogens is 332 g/mol. The van der Waals surface area contributed by atoms with Crippen LogP contribution >= 0.6 is 0 Å². The van der Waals surface area contributed by atoms with E-state index < -0.39 is 0 Å². The number of nitrogens with one attached hydrogen (secondary N) is 1. The molecule has 3 rings (SSSR count). The minimum atomic E-state index is -0.379. The summed E-state index contributed by atoms with van der Waals surface area (Å²) in [5.41, 5.74) is 1.08. The Bertz CT molecular complexity index is 974. The Kier molecular flexibility index (Phi) is 4.85.